The molecule has 2 aromatic heterocycles. The van der Waals surface area contributed by atoms with Crippen LogP contribution in [0, 0.1) is 12.8 Å². The van der Waals surface area contributed by atoms with Gasteiger partial charge in [-0.3, -0.25) is 9.78 Å². The molecule has 5 nitrogen and oxygen atoms in total. The standard InChI is InChI=1S/C25H30ClN3O2/c1-18-15-20(5-6-22(18)26)4-3-19-9-11-28(12-10-19)13-14-29-24-16-21(31-2)17-27-23(24)7-8-25(29)30/h5-8,15-17,19H,3-4,9-14H2,1-2H3. The van der Waals surface area contributed by atoms with Crippen LogP contribution < -0.4 is 10.3 Å². The molecule has 0 saturated carbocycles. The Hall–Kier alpha value is -2.37. The summed E-state index contributed by atoms with van der Waals surface area (Å²) in [5, 5.41) is 0.844. The maximum atomic E-state index is 12.5. The number of halogens is 1. The highest BCUT2D eigenvalue weighted by molar-refractivity contribution is 6.31. The molecule has 0 amide bonds. The van der Waals surface area contributed by atoms with E-state index in [9.17, 15) is 4.79 Å². The van der Waals surface area contributed by atoms with Crippen molar-refractivity contribution in [1.82, 2.24) is 14.5 Å². The fraction of sp³-hybridized carbons (Fsp3) is 0.440. The number of fused-ring (bicyclic) bond motifs is 1. The molecule has 31 heavy (non-hydrogen) atoms. The van der Waals surface area contributed by atoms with Crippen molar-refractivity contribution in [3.63, 3.8) is 0 Å². The summed E-state index contributed by atoms with van der Waals surface area (Å²) in [5.41, 5.74) is 4.20. The van der Waals surface area contributed by atoms with Gasteiger partial charge in [-0.1, -0.05) is 23.7 Å². The molecule has 0 radical (unpaired) electrons. The zero-order chi connectivity index (χ0) is 21.8. The molecule has 0 N–H and O–H groups in total. The van der Waals surface area contributed by atoms with Crippen molar-refractivity contribution in [3.8, 4) is 5.75 Å². The summed E-state index contributed by atoms with van der Waals surface area (Å²) in [4.78, 5) is 19.4. The number of rotatable bonds is 7. The van der Waals surface area contributed by atoms with Crippen LogP contribution in [0.15, 0.2) is 47.4 Å². The van der Waals surface area contributed by atoms with Crippen LogP contribution in [0.3, 0.4) is 0 Å². The van der Waals surface area contributed by atoms with Gasteiger partial charge in [0, 0.05) is 30.2 Å². The Kier molecular flexibility index (Phi) is 6.93. The number of benzene rings is 1. The molecule has 1 aromatic carbocycles. The summed E-state index contributed by atoms with van der Waals surface area (Å²) in [6, 6.07) is 11.6. The Morgan fingerprint density at radius 2 is 1.94 bits per heavy atom. The van der Waals surface area contributed by atoms with Gasteiger partial charge in [0.25, 0.3) is 5.56 Å². The van der Waals surface area contributed by atoms with Crippen LogP contribution in [0.2, 0.25) is 5.02 Å². The number of nitrogens with zero attached hydrogens (tertiary/aromatic N) is 3. The van der Waals surface area contributed by atoms with E-state index in [1.165, 1.54) is 24.8 Å². The fourth-order valence-corrected chi connectivity index (χ4v) is 4.58. The molecule has 1 fully saturated rings. The number of aromatic nitrogens is 2. The monoisotopic (exact) mass is 439 g/mol. The highest BCUT2D eigenvalue weighted by Gasteiger charge is 2.19. The van der Waals surface area contributed by atoms with Gasteiger partial charge in [-0.05, 0) is 74.9 Å². The van der Waals surface area contributed by atoms with Crippen LogP contribution in [-0.4, -0.2) is 41.2 Å². The predicted molar refractivity (Wildman–Crippen MR) is 126 cm³/mol. The molecule has 1 saturated heterocycles. The van der Waals surface area contributed by atoms with E-state index in [2.05, 4.69) is 28.9 Å². The molecule has 0 unspecified atom stereocenters. The van der Waals surface area contributed by atoms with E-state index in [0.717, 1.165) is 53.6 Å². The van der Waals surface area contributed by atoms with Crippen LogP contribution in [0.4, 0.5) is 0 Å². The minimum atomic E-state index is 0.00990. The van der Waals surface area contributed by atoms with Gasteiger partial charge in [-0.15, -0.1) is 0 Å². The lowest BCUT2D eigenvalue weighted by Crippen LogP contribution is -2.37. The topological polar surface area (TPSA) is 47.4 Å². The van der Waals surface area contributed by atoms with Crippen molar-refractivity contribution in [2.45, 2.75) is 39.2 Å². The molecular weight excluding hydrogens is 410 g/mol. The first-order valence-corrected chi connectivity index (χ1v) is 11.4. The lowest BCUT2D eigenvalue weighted by Gasteiger charge is -2.32. The highest BCUT2D eigenvalue weighted by atomic mass is 35.5. The number of methoxy groups -OCH3 is 1. The normalized spacial score (nSPS) is 15.5. The van der Waals surface area contributed by atoms with E-state index in [4.69, 9.17) is 16.3 Å². The molecular formula is C25H30ClN3O2. The number of piperidine rings is 1. The Morgan fingerprint density at radius 3 is 2.68 bits per heavy atom. The largest absolute Gasteiger partial charge is 0.495 e. The molecule has 3 aromatic rings. The smallest absolute Gasteiger partial charge is 0.251 e. The third kappa shape index (κ3) is 5.28. The maximum absolute atomic E-state index is 12.5. The third-order valence-corrected chi connectivity index (χ3v) is 6.88. The predicted octanol–water partition coefficient (Wildman–Crippen LogP) is 4.71. The van der Waals surface area contributed by atoms with Crippen LogP contribution in [0.25, 0.3) is 11.0 Å². The minimum absolute atomic E-state index is 0.00990. The van der Waals surface area contributed by atoms with Crippen molar-refractivity contribution in [3.05, 3.63) is 69.1 Å². The molecule has 164 valence electrons. The van der Waals surface area contributed by atoms with E-state index < -0.39 is 0 Å². The van der Waals surface area contributed by atoms with Gasteiger partial charge >= 0.3 is 0 Å². The van der Waals surface area contributed by atoms with Gasteiger partial charge in [0.15, 0.2) is 0 Å². The Bertz CT molecular complexity index is 1100. The summed E-state index contributed by atoms with van der Waals surface area (Å²) in [6.45, 7) is 5.79. The zero-order valence-electron chi connectivity index (χ0n) is 18.3. The van der Waals surface area contributed by atoms with Crippen LogP contribution >= 0.6 is 11.6 Å². The number of pyridine rings is 2. The van der Waals surface area contributed by atoms with E-state index in [1.54, 1.807) is 25.4 Å². The van der Waals surface area contributed by atoms with Crippen molar-refractivity contribution in [2.75, 3.05) is 26.7 Å². The number of ether oxygens (including phenoxy) is 1. The van der Waals surface area contributed by atoms with Crippen molar-refractivity contribution >= 4 is 22.6 Å². The number of likely N-dealkylation sites (tertiary alicyclic amines) is 1. The quantitative estimate of drug-likeness (QED) is 0.534. The van der Waals surface area contributed by atoms with Crippen LogP contribution in [0.1, 0.15) is 30.4 Å². The lowest BCUT2D eigenvalue weighted by molar-refractivity contribution is 0.174. The molecule has 3 heterocycles. The van der Waals surface area contributed by atoms with Gasteiger partial charge in [-0.2, -0.15) is 0 Å². The van der Waals surface area contributed by atoms with Crippen molar-refractivity contribution < 1.29 is 4.74 Å². The van der Waals surface area contributed by atoms with E-state index in [1.807, 2.05) is 16.7 Å². The first-order valence-electron chi connectivity index (χ1n) is 11.0. The average molecular weight is 440 g/mol. The van der Waals surface area contributed by atoms with E-state index in [-0.39, 0.29) is 5.56 Å². The van der Waals surface area contributed by atoms with Crippen molar-refractivity contribution in [2.24, 2.45) is 5.92 Å². The molecule has 0 bridgehead atoms. The third-order valence-electron chi connectivity index (χ3n) is 6.46. The van der Waals surface area contributed by atoms with Crippen LogP contribution in [-0.2, 0) is 13.0 Å². The van der Waals surface area contributed by atoms with Gasteiger partial charge in [0.05, 0.1) is 24.3 Å². The summed E-state index contributed by atoms with van der Waals surface area (Å²) < 4.78 is 7.12. The second-order valence-corrected chi connectivity index (χ2v) is 8.92. The number of hydrogen-bond acceptors (Lipinski definition) is 4. The molecule has 0 atom stereocenters. The molecule has 1 aliphatic heterocycles. The lowest BCUT2D eigenvalue weighted by atomic mass is 9.90. The molecule has 1 aliphatic rings. The van der Waals surface area contributed by atoms with Gasteiger partial charge in [0.2, 0.25) is 0 Å². The molecule has 0 aliphatic carbocycles. The van der Waals surface area contributed by atoms with Crippen LogP contribution in [0.5, 0.6) is 5.75 Å². The van der Waals surface area contributed by atoms with Crippen molar-refractivity contribution in [1.29, 1.82) is 0 Å². The highest BCUT2D eigenvalue weighted by Crippen LogP contribution is 2.24. The second kappa shape index (κ2) is 9.84. The Labute approximate surface area is 188 Å². The summed E-state index contributed by atoms with van der Waals surface area (Å²) >= 11 is 6.14. The Balaban J connectivity index is 1.31. The summed E-state index contributed by atoms with van der Waals surface area (Å²) in [7, 11) is 1.62. The summed E-state index contributed by atoms with van der Waals surface area (Å²) in [6.07, 6.45) is 6.46. The second-order valence-electron chi connectivity index (χ2n) is 8.51. The molecule has 6 heteroatoms. The minimum Gasteiger partial charge on any atom is -0.495 e. The van der Waals surface area contributed by atoms with Gasteiger partial charge < -0.3 is 14.2 Å². The average Bonchev–Trinajstić information content (AvgIpc) is 2.79. The van der Waals surface area contributed by atoms with E-state index >= 15 is 0 Å². The maximum Gasteiger partial charge on any atom is 0.251 e. The SMILES string of the molecule is COc1cnc2ccc(=O)n(CCN3CCC(CCc4ccc(Cl)c(C)c4)CC3)c2c1. The van der Waals surface area contributed by atoms with Gasteiger partial charge in [-0.25, -0.2) is 0 Å². The Morgan fingerprint density at radius 1 is 1.13 bits per heavy atom. The van der Waals surface area contributed by atoms with Gasteiger partial charge in [0.1, 0.15) is 5.75 Å². The van der Waals surface area contributed by atoms with E-state index in [0.29, 0.717) is 12.3 Å². The molecule has 0 spiro atoms. The number of hydrogen-bond donors (Lipinski definition) is 0. The molecule has 4 rings (SSSR count). The zero-order valence-corrected chi connectivity index (χ0v) is 19.1. The fourth-order valence-electron chi connectivity index (χ4n) is 4.46. The first kappa shape index (κ1) is 21.8. The first-order chi connectivity index (χ1) is 15.0. The summed E-state index contributed by atoms with van der Waals surface area (Å²) in [5.74, 6) is 1.43. The number of aryl methyl sites for hydroxylation is 2.